The second-order valence-corrected chi connectivity index (χ2v) is 13.9. The molecule has 0 fully saturated rings. The van der Waals surface area contributed by atoms with Crippen molar-refractivity contribution in [1.82, 2.24) is 0 Å². The lowest BCUT2D eigenvalue weighted by Crippen LogP contribution is -2.33. The molecule has 1 aliphatic carbocycles. The number of rotatable bonds is 4. The summed E-state index contributed by atoms with van der Waals surface area (Å²) in [6, 6.07) is 50.0. The molecule has 3 heteroatoms. The van der Waals surface area contributed by atoms with Gasteiger partial charge in [-0.1, -0.05) is 147 Å². The van der Waals surface area contributed by atoms with Crippen molar-refractivity contribution in [3.8, 4) is 33.4 Å². The van der Waals surface area contributed by atoms with Gasteiger partial charge in [-0.25, -0.2) is 4.99 Å². The number of fused-ring (bicyclic) bond motifs is 5. The zero-order chi connectivity index (χ0) is 34.7. The fraction of sp³-hybridized carbons (Fsp3) is 0.104. The maximum Gasteiger partial charge on any atom is 0.145 e. The van der Waals surface area contributed by atoms with Crippen LogP contribution >= 0.6 is 0 Å². The Bertz CT molecular complexity index is 2670. The Balaban J connectivity index is 1.30. The summed E-state index contributed by atoms with van der Waals surface area (Å²) in [4.78, 5) is 7.71. The molecule has 0 saturated carbocycles. The van der Waals surface area contributed by atoms with E-state index in [-0.39, 0.29) is 5.41 Å². The van der Waals surface area contributed by atoms with Gasteiger partial charge in [0.2, 0.25) is 0 Å². The number of hydrogen-bond acceptors (Lipinski definition) is 3. The summed E-state index contributed by atoms with van der Waals surface area (Å²) in [5.41, 5.74) is 15.9. The molecule has 0 N–H and O–H groups in total. The van der Waals surface area contributed by atoms with Crippen LogP contribution in [0.2, 0.25) is 0 Å². The number of para-hydroxylation sites is 1. The lowest BCUT2D eigenvalue weighted by molar-refractivity contribution is 0.575. The Hall–Kier alpha value is -6.19. The number of allylic oxidation sites excluding steroid dienone is 2. The Morgan fingerprint density at radius 2 is 1.27 bits per heavy atom. The molecule has 0 bridgehead atoms. The topological polar surface area (TPSA) is 28.7 Å². The fourth-order valence-electron chi connectivity index (χ4n) is 8.03. The van der Waals surface area contributed by atoms with Crippen LogP contribution in [-0.4, -0.2) is 12.8 Å². The van der Waals surface area contributed by atoms with Crippen LogP contribution in [0.15, 0.2) is 161 Å². The monoisotopic (exact) mass is 658 g/mol. The van der Waals surface area contributed by atoms with Crippen molar-refractivity contribution < 1.29 is 4.42 Å². The molecule has 51 heavy (non-hydrogen) atoms. The highest BCUT2D eigenvalue weighted by Crippen LogP contribution is 2.52. The van der Waals surface area contributed by atoms with E-state index in [1.807, 2.05) is 19.1 Å². The Morgan fingerprint density at radius 1 is 0.627 bits per heavy atom. The molecular formula is C48H38N2O. The van der Waals surface area contributed by atoms with Crippen LogP contribution in [0.25, 0.3) is 56.2 Å². The first-order chi connectivity index (χ1) is 24.9. The van der Waals surface area contributed by atoms with Crippen LogP contribution < -0.4 is 15.5 Å². The third-order valence-corrected chi connectivity index (χ3v) is 10.6. The van der Waals surface area contributed by atoms with Gasteiger partial charge in [-0.3, -0.25) is 0 Å². The third kappa shape index (κ3) is 4.92. The van der Waals surface area contributed by atoms with Crippen LogP contribution in [0.3, 0.4) is 0 Å². The van der Waals surface area contributed by atoms with E-state index in [4.69, 9.17) is 9.41 Å². The molecule has 7 aromatic rings. The van der Waals surface area contributed by atoms with Gasteiger partial charge in [-0.2, -0.15) is 0 Å². The smallest absolute Gasteiger partial charge is 0.145 e. The van der Waals surface area contributed by atoms with Gasteiger partial charge in [0.1, 0.15) is 16.8 Å². The van der Waals surface area contributed by atoms with E-state index >= 15 is 0 Å². The molecule has 0 radical (unpaired) electrons. The summed E-state index contributed by atoms with van der Waals surface area (Å²) < 4.78 is 6.65. The van der Waals surface area contributed by atoms with Crippen molar-refractivity contribution in [2.45, 2.75) is 26.2 Å². The molecule has 2 heterocycles. The first kappa shape index (κ1) is 30.8. The first-order valence-electron chi connectivity index (χ1n) is 17.7. The molecule has 1 aliphatic heterocycles. The van der Waals surface area contributed by atoms with E-state index in [0.29, 0.717) is 0 Å². The fourth-order valence-corrected chi connectivity index (χ4v) is 8.03. The molecule has 2 aliphatic rings. The van der Waals surface area contributed by atoms with Crippen LogP contribution in [0.5, 0.6) is 0 Å². The summed E-state index contributed by atoms with van der Waals surface area (Å²) in [6.45, 7) is 6.69. The number of nitrogens with zero attached hydrogens (tertiary/aromatic N) is 2. The van der Waals surface area contributed by atoms with E-state index in [1.54, 1.807) is 0 Å². The van der Waals surface area contributed by atoms with Crippen LogP contribution in [0.1, 0.15) is 43.0 Å². The summed E-state index contributed by atoms with van der Waals surface area (Å²) in [5, 5.41) is 2.02. The summed E-state index contributed by atoms with van der Waals surface area (Å²) in [5.74, 6) is 0.854. The van der Waals surface area contributed by atoms with Gasteiger partial charge >= 0.3 is 0 Å². The van der Waals surface area contributed by atoms with E-state index in [1.165, 1.54) is 38.9 Å². The highest BCUT2D eigenvalue weighted by Gasteiger charge is 2.36. The maximum absolute atomic E-state index is 6.65. The van der Waals surface area contributed by atoms with E-state index in [2.05, 4.69) is 171 Å². The molecule has 1 aromatic heterocycles. The minimum absolute atomic E-state index is 0.0695. The van der Waals surface area contributed by atoms with Gasteiger partial charge in [0.25, 0.3) is 0 Å². The zero-order valence-electron chi connectivity index (χ0n) is 29.3. The number of hydrogen-bond donors (Lipinski definition) is 0. The quantitative estimate of drug-likeness (QED) is 0.188. The van der Waals surface area contributed by atoms with E-state index < -0.39 is 0 Å². The van der Waals surface area contributed by atoms with E-state index in [9.17, 15) is 0 Å². The van der Waals surface area contributed by atoms with Crippen LogP contribution in [0.4, 0.5) is 5.69 Å². The summed E-state index contributed by atoms with van der Waals surface area (Å²) in [6.07, 6.45) is 6.12. The van der Waals surface area contributed by atoms with Gasteiger partial charge in [0, 0.05) is 29.0 Å². The van der Waals surface area contributed by atoms with Gasteiger partial charge in [0.15, 0.2) is 0 Å². The Morgan fingerprint density at radius 3 is 2.08 bits per heavy atom. The second kappa shape index (κ2) is 12.0. The summed E-state index contributed by atoms with van der Waals surface area (Å²) >= 11 is 0. The number of aliphatic imine (C=N–C) groups is 1. The zero-order valence-corrected chi connectivity index (χ0v) is 29.3. The van der Waals surface area contributed by atoms with Gasteiger partial charge in [-0.15, -0.1) is 0 Å². The molecule has 0 saturated heterocycles. The molecule has 9 rings (SSSR count). The van der Waals surface area contributed by atoms with Gasteiger partial charge < -0.3 is 9.32 Å². The van der Waals surface area contributed by atoms with Gasteiger partial charge in [-0.05, 0) is 75.7 Å². The molecule has 6 aromatic carbocycles. The highest BCUT2D eigenvalue weighted by atomic mass is 16.3. The molecular weight excluding hydrogens is 621 g/mol. The Kier molecular flexibility index (Phi) is 7.25. The van der Waals surface area contributed by atoms with Crippen molar-refractivity contribution in [1.29, 1.82) is 0 Å². The Labute approximate surface area is 298 Å². The van der Waals surface area contributed by atoms with Crippen LogP contribution in [-0.2, 0) is 5.41 Å². The molecule has 0 spiro atoms. The standard InChI is InChI=1S/C48H38N2O/c1-5-6-23-43-45(38-30-34(28-29-42(38)51-43)35-19-14-21-40-44(35)36-17-10-12-20-39(36)48(40,2)3)47-49-46(37-18-11-13-22-41(37)50(47)4)33-26-24-32(25-27-33)31-15-8-7-9-16-31/h5-30H,1-4H3/b6-5-,43-23+,47-45-. The SMILES string of the molecule is C\C=C/C=c1/oc2ccc(-c3cccc4c3-c3ccccc3C4(C)C)cc2/c1=C1\N=C(c2ccc(-c3ccccc3)cc2)c2ccccc2N1C. The maximum atomic E-state index is 6.65. The third-order valence-electron chi connectivity index (χ3n) is 10.6. The van der Waals surface area contributed by atoms with E-state index in [0.717, 1.165) is 55.5 Å². The van der Waals surface area contributed by atoms with Crippen molar-refractivity contribution in [2.75, 3.05) is 11.9 Å². The molecule has 0 amide bonds. The largest absolute Gasteiger partial charge is 0.456 e. The van der Waals surface area contributed by atoms with Crippen molar-refractivity contribution in [3.63, 3.8) is 0 Å². The minimum Gasteiger partial charge on any atom is -0.456 e. The first-order valence-corrected chi connectivity index (χ1v) is 17.7. The average molecular weight is 659 g/mol. The normalized spacial score (nSPS) is 16.0. The van der Waals surface area contributed by atoms with Gasteiger partial charge in [0.05, 0.1) is 16.6 Å². The number of furan rings is 1. The van der Waals surface area contributed by atoms with Crippen molar-refractivity contribution in [3.05, 3.63) is 185 Å². The predicted octanol–water partition coefficient (Wildman–Crippen LogP) is 10.5. The highest BCUT2D eigenvalue weighted by molar-refractivity contribution is 6.20. The van der Waals surface area contributed by atoms with Crippen LogP contribution in [0, 0.1) is 0 Å². The summed E-state index contributed by atoms with van der Waals surface area (Å²) in [7, 11) is 2.11. The number of benzene rings is 6. The molecule has 246 valence electrons. The lowest BCUT2D eigenvalue weighted by Gasteiger charge is -2.28. The van der Waals surface area contributed by atoms with Crippen molar-refractivity contribution in [2.24, 2.45) is 4.99 Å². The number of anilines is 1. The second-order valence-electron chi connectivity index (χ2n) is 13.9. The molecule has 0 atom stereocenters. The molecule has 0 unspecified atom stereocenters. The predicted molar refractivity (Wildman–Crippen MR) is 214 cm³/mol. The lowest BCUT2D eigenvalue weighted by atomic mass is 9.82. The van der Waals surface area contributed by atoms with Crippen molar-refractivity contribution >= 4 is 34.3 Å². The average Bonchev–Trinajstić information content (AvgIpc) is 3.65. The minimum atomic E-state index is -0.0695. The molecule has 3 nitrogen and oxygen atoms in total.